The van der Waals surface area contributed by atoms with Crippen LogP contribution in [0.3, 0.4) is 0 Å². The molecule has 0 aliphatic carbocycles. The Labute approximate surface area is 115 Å². The third kappa shape index (κ3) is 3.10. The van der Waals surface area contributed by atoms with Crippen molar-refractivity contribution in [3.05, 3.63) is 39.8 Å². The topological polar surface area (TPSA) is 71.8 Å². The fraction of sp³-hybridized carbons (Fsp3) is 0.250. The molecular formula is C12H14ClN5O. The number of halogens is 1. The van der Waals surface area contributed by atoms with Gasteiger partial charge in [-0.2, -0.15) is 9.97 Å². The molecule has 1 heterocycles. The van der Waals surface area contributed by atoms with Crippen molar-refractivity contribution in [1.82, 2.24) is 20.0 Å². The smallest absolute Gasteiger partial charge is 0.289 e. The van der Waals surface area contributed by atoms with Crippen LogP contribution in [-0.4, -0.2) is 21.1 Å². The molecule has 2 rings (SSSR count). The minimum atomic E-state index is -0.384. The van der Waals surface area contributed by atoms with Gasteiger partial charge in [-0.1, -0.05) is 30.7 Å². The van der Waals surface area contributed by atoms with E-state index in [2.05, 4.69) is 20.8 Å². The molecule has 0 atom stereocenters. The predicted octanol–water partition coefficient (Wildman–Crippen LogP) is 1.43. The molecule has 1 aromatic heterocycles. The van der Waals surface area contributed by atoms with Crippen molar-refractivity contribution in [2.24, 2.45) is 7.05 Å². The molecular weight excluding hydrogens is 266 g/mol. The summed E-state index contributed by atoms with van der Waals surface area (Å²) < 4.78 is 1.38. The fourth-order valence-electron chi connectivity index (χ4n) is 1.57. The third-order valence-electron chi connectivity index (χ3n) is 2.48. The van der Waals surface area contributed by atoms with Crippen molar-refractivity contribution in [1.29, 1.82) is 0 Å². The number of benzene rings is 1. The monoisotopic (exact) mass is 279 g/mol. The van der Waals surface area contributed by atoms with Gasteiger partial charge in [0.05, 0.1) is 0 Å². The average molecular weight is 280 g/mol. The van der Waals surface area contributed by atoms with E-state index in [1.165, 1.54) is 4.57 Å². The second-order valence-corrected chi connectivity index (χ2v) is 4.31. The molecule has 0 aliphatic rings. The Balaban J connectivity index is 2.49. The molecule has 0 spiro atoms. The summed E-state index contributed by atoms with van der Waals surface area (Å²) in [5, 5.41) is 0.588. The average Bonchev–Trinajstić information content (AvgIpc) is 2.40. The minimum absolute atomic E-state index is 0.236. The van der Waals surface area contributed by atoms with Gasteiger partial charge in [-0.15, -0.1) is 0 Å². The molecule has 6 nitrogen and oxygen atoms in total. The third-order valence-corrected chi connectivity index (χ3v) is 2.71. The number of rotatable bonds is 4. The summed E-state index contributed by atoms with van der Waals surface area (Å²) in [6.07, 6.45) is 0. The fourth-order valence-corrected chi connectivity index (χ4v) is 1.76. The van der Waals surface area contributed by atoms with E-state index in [1.54, 1.807) is 19.2 Å². The van der Waals surface area contributed by atoms with Crippen LogP contribution in [0, 0.1) is 0 Å². The first-order chi connectivity index (χ1) is 9.11. The summed E-state index contributed by atoms with van der Waals surface area (Å²) in [6.45, 7) is 2.61. The number of nitrogens with one attached hydrogen (secondary N) is 2. The van der Waals surface area contributed by atoms with E-state index in [-0.39, 0.29) is 11.6 Å². The van der Waals surface area contributed by atoms with Crippen LogP contribution in [0.4, 0.5) is 5.95 Å². The Morgan fingerprint density at radius 3 is 2.84 bits per heavy atom. The van der Waals surface area contributed by atoms with E-state index in [4.69, 9.17) is 11.6 Å². The van der Waals surface area contributed by atoms with E-state index < -0.39 is 0 Å². The minimum Gasteiger partial charge on any atom is -0.289 e. The molecule has 0 bridgehead atoms. The number of hydrazine groups is 1. The molecule has 7 heteroatoms. The van der Waals surface area contributed by atoms with Gasteiger partial charge < -0.3 is 0 Å². The van der Waals surface area contributed by atoms with Crippen LogP contribution < -0.4 is 16.5 Å². The van der Waals surface area contributed by atoms with Gasteiger partial charge in [-0.25, -0.2) is 10.2 Å². The zero-order valence-corrected chi connectivity index (χ0v) is 11.4. The highest BCUT2D eigenvalue weighted by Crippen LogP contribution is 2.19. The number of hydrogen-bond acceptors (Lipinski definition) is 5. The lowest BCUT2D eigenvalue weighted by Crippen LogP contribution is -2.29. The standard InChI is InChI=1S/C12H14ClN5O/c1-3-14-17-11-15-10(18(2)12(19)16-11)8-5-4-6-9(13)7-8/h4-7,14H,3H2,1-2H3,(H,16,17,19). The van der Waals surface area contributed by atoms with Crippen LogP contribution in [0.25, 0.3) is 11.4 Å². The quantitative estimate of drug-likeness (QED) is 0.829. The van der Waals surface area contributed by atoms with E-state index in [0.29, 0.717) is 17.4 Å². The van der Waals surface area contributed by atoms with E-state index in [0.717, 1.165) is 5.56 Å². The molecule has 2 N–H and O–H groups in total. The number of nitrogens with zero attached hydrogens (tertiary/aromatic N) is 3. The van der Waals surface area contributed by atoms with Gasteiger partial charge in [0.1, 0.15) is 5.82 Å². The van der Waals surface area contributed by atoms with Crippen molar-refractivity contribution in [3.63, 3.8) is 0 Å². The van der Waals surface area contributed by atoms with Crippen molar-refractivity contribution in [3.8, 4) is 11.4 Å². The van der Waals surface area contributed by atoms with E-state index >= 15 is 0 Å². The predicted molar refractivity (Wildman–Crippen MR) is 75.0 cm³/mol. The summed E-state index contributed by atoms with van der Waals surface area (Å²) in [5.41, 5.74) is 6.00. The Hall–Kier alpha value is -1.92. The Morgan fingerprint density at radius 1 is 1.37 bits per heavy atom. The van der Waals surface area contributed by atoms with Crippen molar-refractivity contribution in [2.75, 3.05) is 12.0 Å². The van der Waals surface area contributed by atoms with Crippen molar-refractivity contribution >= 4 is 17.5 Å². The number of anilines is 1. The Kier molecular flexibility index (Phi) is 4.13. The zero-order valence-electron chi connectivity index (χ0n) is 10.6. The van der Waals surface area contributed by atoms with Gasteiger partial charge in [0.15, 0.2) is 0 Å². The normalized spacial score (nSPS) is 10.5. The van der Waals surface area contributed by atoms with E-state index in [1.807, 2.05) is 19.1 Å². The number of hydrogen-bond donors (Lipinski definition) is 2. The summed E-state index contributed by atoms with van der Waals surface area (Å²) in [5.74, 6) is 0.739. The summed E-state index contributed by atoms with van der Waals surface area (Å²) in [4.78, 5) is 19.9. The summed E-state index contributed by atoms with van der Waals surface area (Å²) >= 11 is 5.95. The van der Waals surface area contributed by atoms with Gasteiger partial charge in [0.2, 0.25) is 5.95 Å². The molecule has 0 saturated carbocycles. The maximum absolute atomic E-state index is 11.8. The summed E-state index contributed by atoms with van der Waals surface area (Å²) in [7, 11) is 1.62. The molecule has 0 unspecified atom stereocenters. The maximum Gasteiger partial charge on any atom is 0.352 e. The van der Waals surface area contributed by atoms with Crippen LogP contribution in [0.2, 0.25) is 5.02 Å². The SMILES string of the molecule is CCNNc1nc(-c2cccc(Cl)c2)n(C)c(=O)n1. The maximum atomic E-state index is 11.8. The largest absolute Gasteiger partial charge is 0.352 e. The van der Waals surface area contributed by atoms with Crippen LogP contribution >= 0.6 is 11.6 Å². The lowest BCUT2D eigenvalue weighted by molar-refractivity contribution is 0.760. The molecule has 19 heavy (non-hydrogen) atoms. The first kappa shape index (κ1) is 13.5. The molecule has 0 aliphatic heterocycles. The van der Waals surface area contributed by atoms with Gasteiger partial charge >= 0.3 is 5.69 Å². The number of aromatic nitrogens is 3. The van der Waals surface area contributed by atoms with Crippen LogP contribution in [-0.2, 0) is 7.05 Å². The second-order valence-electron chi connectivity index (χ2n) is 3.88. The molecule has 0 amide bonds. The van der Waals surface area contributed by atoms with Crippen LogP contribution in [0.1, 0.15) is 6.92 Å². The Bertz CT molecular complexity index is 640. The second kappa shape index (κ2) is 5.81. The van der Waals surface area contributed by atoms with Gasteiger partial charge in [0, 0.05) is 24.2 Å². The molecule has 0 saturated heterocycles. The molecule has 2 aromatic rings. The molecule has 0 fully saturated rings. The first-order valence-electron chi connectivity index (χ1n) is 5.81. The lowest BCUT2D eigenvalue weighted by atomic mass is 10.2. The van der Waals surface area contributed by atoms with E-state index in [9.17, 15) is 4.79 Å². The highest BCUT2D eigenvalue weighted by atomic mass is 35.5. The molecule has 1 aromatic carbocycles. The molecule has 0 radical (unpaired) electrons. The van der Waals surface area contributed by atoms with Crippen molar-refractivity contribution in [2.45, 2.75) is 6.92 Å². The highest BCUT2D eigenvalue weighted by molar-refractivity contribution is 6.30. The zero-order chi connectivity index (χ0) is 13.8. The first-order valence-corrected chi connectivity index (χ1v) is 6.19. The van der Waals surface area contributed by atoms with Gasteiger partial charge in [-0.3, -0.25) is 9.99 Å². The van der Waals surface area contributed by atoms with Gasteiger partial charge in [-0.05, 0) is 12.1 Å². The van der Waals surface area contributed by atoms with Crippen LogP contribution in [0.15, 0.2) is 29.1 Å². The van der Waals surface area contributed by atoms with Gasteiger partial charge in [0.25, 0.3) is 0 Å². The molecule has 100 valence electrons. The van der Waals surface area contributed by atoms with Crippen molar-refractivity contribution < 1.29 is 0 Å². The lowest BCUT2D eigenvalue weighted by Gasteiger charge is -2.10. The highest BCUT2D eigenvalue weighted by Gasteiger charge is 2.09. The van der Waals surface area contributed by atoms with Crippen LogP contribution in [0.5, 0.6) is 0 Å². The summed E-state index contributed by atoms with van der Waals surface area (Å²) in [6, 6.07) is 7.16. The Morgan fingerprint density at radius 2 is 2.16 bits per heavy atom.